The third-order valence-electron chi connectivity index (χ3n) is 6.04. The van der Waals surface area contributed by atoms with Gasteiger partial charge in [0.2, 0.25) is 0 Å². The lowest BCUT2D eigenvalue weighted by molar-refractivity contribution is -0.176. The van der Waals surface area contributed by atoms with Crippen LogP contribution in [-0.2, 0) is 16.4 Å². The molecule has 5 heteroatoms. The summed E-state index contributed by atoms with van der Waals surface area (Å²) in [5, 5.41) is 6.69. The Morgan fingerprint density at radius 2 is 1.81 bits per heavy atom. The molecule has 140 valence electrons. The van der Waals surface area contributed by atoms with Crippen LogP contribution in [-0.4, -0.2) is 33.9 Å². The van der Waals surface area contributed by atoms with Crippen LogP contribution in [0.4, 0.5) is 0 Å². The number of hydrogen-bond donors (Lipinski definition) is 0. The average Bonchev–Trinajstić information content (AvgIpc) is 3.03. The van der Waals surface area contributed by atoms with E-state index in [1.807, 2.05) is 24.1 Å². The molecule has 0 amide bonds. The molecule has 1 atom stereocenters. The quantitative estimate of drug-likeness (QED) is 0.648. The van der Waals surface area contributed by atoms with Gasteiger partial charge in [0.05, 0.1) is 23.4 Å². The minimum absolute atomic E-state index is 0.0170. The van der Waals surface area contributed by atoms with Crippen molar-refractivity contribution in [1.82, 2.24) is 9.78 Å². The van der Waals surface area contributed by atoms with Crippen LogP contribution in [0.5, 0.6) is 0 Å². The summed E-state index contributed by atoms with van der Waals surface area (Å²) in [6, 6.07) is 13.0. The first kappa shape index (κ1) is 18.3. The van der Waals surface area contributed by atoms with Crippen molar-refractivity contribution in [2.24, 2.45) is 7.05 Å². The normalized spacial score (nSPS) is 21.6. The highest BCUT2D eigenvalue weighted by atomic mass is 16.6. The first-order valence-corrected chi connectivity index (χ1v) is 9.55. The average molecular weight is 362 g/mol. The number of aryl methyl sites for hydroxylation is 1. The molecular weight excluding hydrogens is 335 g/mol. The van der Waals surface area contributed by atoms with Gasteiger partial charge in [-0.2, -0.15) is 5.10 Å². The SMILES string of the molecule is C[C@H]1OC(C)(C)C(C)(C)OB1c1cccc2cc(-c3cnn(C)c3)ccc12. The van der Waals surface area contributed by atoms with Gasteiger partial charge in [-0.05, 0) is 62.5 Å². The molecule has 0 spiro atoms. The van der Waals surface area contributed by atoms with E-state index in [0.29, 0.717) is 0 Å². The van der Waals surface area contributed by atoms with E-state index in [1.54, 1.807) is 0 Å². The van der Waals surface area contributed by atoms with E-state index in [2.05, 4.69) is 76.1 Å². The summed E-state index contributed by atoms with van der Waals surface area (Å²) < 4.78 is 14.8. The molecule has 27 heavy (non-hydrogen) atoms. The highest BCUT2D eigenvalue weighted by molar-refractivity contribution is 6.71. The second kappa shape index (κ2) is 6.21. The van der Waals surface area contributed by atoms with Crippen LogP contribution in [0.3, 0.4) is 0 Å². The van der Waals surface area contributed by atoms with Crippen molar-refractivity contribution in [2.45, 2.75) is 51.8 Å². The summed E-state index contributed by atoms with van der Waals surface area (Å²) in [5.74, 6) is 0. The Bertz CT molecular complexity index is 993. The standard InChI is InChI=1S/C22H27BN2O2/c1-15-23(27-22(4,5)21(2,3)26-15)20-9-7-8-17-12-16(10-11-19(17)20)18-13-24-25(6)14-18/h7-15H,1-6H3/t15-/m1/s1. The number of fused-ring (bicyclic) bond motifs is 1. The molecule has 0 aliphatic carbocycles. The van der Waals surface area contributed by atoms with Gasteiger partial charge in [-0.1, -0.05) is 30.3 Å². The number of hydrogen-bond acceptors (Lipinski definition) is 3. The Balaban J connectivity index is 1.76. The fourth-order valence-corrected chi connectivity index (χ4v) is 3.85. The minimum atomic E-state index is -0.373. The zero-order valence-electron chi connectivity index (χ0n) is 17.0. The Hall–Kier alpha value is -2.11. The topological polar surface area (TPSA) is 36.3 Å². The summed E-state index contributed by atoms with van der Waals surface area (Å²) in [6.45, 7) is 10.4. The van der Waals surface area contributed by atoms with Crippen LogP contribution in [0.1, 0.15) is 34.6 Å². The first-order valence-electron chi connectivity index (χ1n) is 9.55. The first-order chi connectivity index (χ1) is 12.7. The van der Waals surface area contributed by atoms with Crippen molar-refractivity contribution in [1.29, 1.82) is 0 Å². The van der Waals surface area contributed by atoms with Crippen molar-refractivity contribution in [2.75, 3.05) is 0 Å². The van der Waals surface area contributed by atoms with Crippen molar-refractivity contribution in [3.8, 4) is 11.1 Å². The second-order valence-electron chi connectivity index (χ2n) is 8.57. The van der Waals surface area contributed by atoms with Gasteiger partial charge in [0, 0.05) is 18.8 Å². The van der Waals surface area contributed by atoms with Gasteiger partial charge < -0.3 is 9.39 Å². The Morgan fingerprint density at radius 1 is 1.04 bits per heavy atom. The largest absolute Gasteiger partial charge is 0.421 e. The van der Waals surface area contributed by atoms with Crippen molar-refractivity contribution < 1.29 is 9.39 Å². The molecule has 1 fully saturated rings. The second-order valence-corrected chi connectivity index (χ2v) is 8.57. The molecule has 0 radical (unpaired) electrons. The number of nitrogens with zero attached hydrogens (tertiary/aromatic N) is 2. The molecule has 1 aliphatic heterocycles. The van der Waals surface area contributed by atoms with Gasteiger partial charge in [0.1, 0.15) is 0 Å². The summed E-state index contributed by atoms with van der Waals surface area (Å²) in [6.07, 6.45) is 3.94. The summed E-state index contributed by atoms with van der Waals surface area (Å²) >= 11 is 0. The Morgan fingerprint density at radius 3 is 2.52 bits per heavy atom. The van der Waals surface area contributed by atoms with Crippen LogP contribution < -0.4 is 5.46 Å². The molecule has 1 aliphatic rings. The fraction of sp³-hybridized carbons (Fsp3) is 0.409. The maximum Gasteiger partial charge on any atom is 0.357 e. The molecule has 0 saturated carbocycles. The molecule has 4 rings (SSSR count). The highest BCUT2D eigenvalue weighted by Crippen LogP contribution is 2.36. The van der Waals surface area contributed by atoms with Gasteiger partial charge in [-0.15, -0.1) is 0 Å². The third kappa shape index (κ3) is 3.09. The predicted octanol–water partition coefficient (Wildman–Crippen LogP) is 3.97. The van der Waals surface area contributed by atoms with Gasteiger partial charge in [-0.3, -0.25) is 4.68 Å². The Labute approximate surface area is 161 Å². The minimum Gasteiger partial charge on any atom is -0.421 e. The number of benzene rings is 2. The Kier molecular flexibility index (Phi) is 4.20. The molecule has 0 unspecified atom stereocenters. The van der Waals surface area contributed by atoms with Gasteiger partial charge in [-0.25, -0.2) is 0 Å². The van der Waals surface area contributed by atoms with E-state index < -0.39 is 0 Å². The van der Waals surface area contributed by atoms with E-state index in [4.69, 9.17) is 9.39 Å². The molecule has 1 saturated heterocycles. The van der Waals surface area contributed by atoms with Gasteiger partial charge in [0.25, 0.3) is 0 Å². The maximum absolute atomic E-state index is 6.58. The summed E-state index contributed by atoms with van der Waals surface area (Å²) in [7, 11) is 1.94. The molecule has 3 aromatic rings. The maximum atomic E-state index is 6.58. The lowest BCUT2D eigenvalue weighted by Crippen LogP contribution is -2.65. The summed E-state index contributed by atoms with van der Waals surface area (Å²) in [5.41, 5.74) is 2.77. The number of rotatable bonds is 2. The molecular formula is C22H27BN2O2. The number of aromatic nitrogens is 2. The smallest absolute Gasteiger partial charge is 0.357 e. The van der Waals surface area contributed by atoms with E-state index in [0.717, 1.165) is 5.56 Å². The van der Waals surface area contributed by atoms with E-state index in [9.17, 15) is 0 Å². The monoisotopic (exact) mass is 362 g/mol. The lowest BCUT2D eigenvalue weighted by atomic mass is 9.53. The third-order valence-corrected chi connectivity index (χ3v) is 6.04. The molecule has 1 aromatic heterocycles. The highest BCUT2D eigenvalue weighted by Gasteiger charge is 2.50. The lowest BCUT2D eigenvalue weighted by Gasteiger charge is -2.50. The van der Waals surface area contributed by atoms with Gasteiger partial charge in [0.15, 0.2) is 0 Å². The molecule has 2 aromatic carbocycles. The molecule has 2 heterocycles. The molecule has 0 N–H and O–H groups in total. The predicted molar refractivity (Wildman–Crippen MR) is 111 cm³/mol. The van der Waals surface area contributed by atoms with Crippen LogP contribution in [0, 0.1) is 0 Å². The van der Waals surface area contributed by atoms with Crippen LogP contribution in [0.2, 0.25) is 0 Å². The van der Waals surface area contributed by atoms with Crippen molar-refractivity contribution >= 4 is 23.2 Å². The van der Waals surface area contributed by atoms with Crippen LogP contribution in [0.15, 0.2) is 48.8 Å². The van der Waals surface area contributed by atoms with E-state index in [1.165, 1.54) is 21.8 Å². The van der Waals surface area contributed by atoms with Crippen molar-refractivity contribution in [3.63, 3.8) is 0 Å². The van der Waals surface area contributed by atoms with Crippen LogP contribution in [0.25, 0.3) is 21.9 Å². The number of ether oxygens (including phenoxy) is 1. The van der Waals surface area contributed by atoms with E-state index >= 15 is 0 Å². The molecule has 4 nitrogen and oxygen atoms in total. The summed E-state index contributed by atoms with van der Waals surface area (Å²) in [4.78, 5) is 0. The zero-order chi connectivity index (χ0) is 19.4. The van der Waals surface area contributed by atoms with Crippen molar-refractivity contribution in [3.05, 3.63) is 48.8 Å². The fourth-order valence-electron chi connectivity index (χ4n) is 3.85. The van der Waals surface area contributed by atoms with Gasteiger partial charge >= 0.3 is 6.92 Å². The van der Waals surface area contributed by atoms with Crippen LogP contribution >= 0.6 is 0 Å². The zero-order valence-corrected chi connectivity index (χ0v) is 17.0. The van der Waals surface area contributed by atoms with E-state index in [-0.39, 0.29) is 24.1 Å². The molecule has 0 bridgehead atoms.